The predicted molar refractivity (Wildman–Crippen MR) is 79.9 cm³/mol. The Bertz CT molecular complexity index is 514. The van der Waals surface area contributed by atoms with Crippen molar-refractivity contribution in [3.63, 3.8) is 0 Å². The summed E-state index contributed by atoms with van der Waals surface area (Å²) in [4.78, 5) is 25.3. The number of amides is 1. The molecule has 5 heteroatoms. The topological polar surface area (TPSA) is 46.6 Å². The van der Waals surface area contributed by atoms with Gasteiger partial charge in [-0.25, -0.2) is 5.06 Å². The van der Waals surface area contributed by atoms with E-state index in [1.54, 1.807) is 12.1 Å². The van der Waals surface area contributed by atoms with E-state index in [2.05, 4.69) is 0 Å². The van der Waals surface area contributed by atoms with Crippen LogP contribution in [0.25, 0.3) is 0 Å². The van der Waals surface area contributed by atoms with Crippen LogP contribution in [-0.4, -0.2) is 30.0 Å². The fraction of sp³-hybridized carbons (Fsp3) is 0.467. The highest BCUT2D eigenvalue weighted by Gasteiger charge is 2.51. The standard InChI is InChI=1S/C15H20NO3P/c1-4-15(9-10-16(14(15)18)19-20-3)13(17)12-7-5-11(2)6-8-12/h5-8,20H,4,9-10H2,1-3H3/t15-/m0/s1. The molecule has 0 saturated carbocycles. The maximum absolute atomic E-state index is 12.8. The van der Waals surface area contributed by atoms with E-state index in [0.29, 0.717) is 24.9 Å². The zero-order valence-corrected chi connectivity index (χ0v) is 13.1. The lowest BCUT2D eigenvalue weighted by Crippen LogP contribution is -2.39. The summed E-state index contributed by atoms with van der Waals surface area (Å²) < 4.78 is 5.34. The predicted octanol–water partition coefficient (Wildman–Crippen LogP) is 2.96. The number of carbonyl (C=O) groups is 2. The largest absolute Gasteiger partial charge is 0.293 e. The quantitative estimate of drug-likeness (QED) is 0.476. The maximum Gasteiger partial charge on any atom is 0.260 e. The zero-order chi connectivity index (χ0) is 14.8. The zero-order valence-electron chi connectivity index (χ0n) is 12.1. The molecule has 0 bridgehead atoms. The molecule has 4 nitrogen and oxygen atoms in total. The van der Waals surface area contributed by atoms with Crippen LogP contribution >= 0.6 is 8.81 Å². The first-order valence-electron chi connectivity index (χ1n) is 6.82. The number of carbonyl (C=O) groups excluding carboxylic acids is 2. The van der Waals surface area contributed by atoms with Crippen LogP contribution in [0.2, 0.25) is 0 Å². The number of Topliss-reactive ketones (excluding diaryl/α,β-unsaturated/α-hetero) is 1. The van der Waals surface area contributed by atoms with Crippen molar-refractivity contribution in [3.8, 4) is 0 Å². The second kappa shape index (κ2) is 6.02. The first kappa shape index (κ1) is 15.1. The number of hydroxylamine groups is 2. The van der Waals surface area contributed by atoms with E-state index < -0.39 is 5.41 Å². The number of hydrogen-bond acceptors (Lipinski definition) is 3. The minimum Gasteiger partial charge on any atom is -0.293 e. The van der Waals surface area contributed by atoms with Crippen molar-refractivity contribution in [3.05, 3.63) is 35.4 Å². The van der Waals surface area contributed by atoms with Gasteiger partial charge in [-0.3, -0.25) is 14.2 Å². The average molecular weight is 293 g/mol. The van der Waals surface area contributed by atoms with E-state index in [0.717, 1.165) is 5.56 Å². The van der Waals surface area contributed by atoms with E-state index in [-0.39, 0.29) is 20.5 Å². The summed E-state index contributed by atoms with van der Waals surface area (Å²) in [6.45, 7) is 6.22. The second-order valence-corrected chi connectivity index (χ2v) is 5.67. The molecule has 1 saturated heterocycles. The molecular formula is C15H20NO3P. The number of ketones is 1. The molecule has 108 valence electrons. The fourth-order valence-corrected chi connectivity index (χ4v) is 3.01. The molecule has 0 spiro atoms. The molecule has 1 aliphatic heterocycles. The molecule has 1 heterocycles. The molecule has 0 radical (unpaired) electrons. The van der Waals surface area contributed by atoms with Crippen molar-refractivity contribution in [2.45, 2.75) is 26.7 Å². The molecule has 2 rings (SSSR count). The molecule has 2 atom stereocenters. The molecule has 1 unspecified atom stereocenters. The Balaban J connectivity index is 2.30. The number of hydrogen-bond donors (Lipinski definition) is 0. The molecule has 1 aromatic rings. The summed E-state index contributed by atoms with van der Waals surface area (Å²) in [6, 6.07) is 7.40. The first-order valence-corrected chi connectivity index (χ1v) is 8.23. The van der Waals surface area contributed by atoms with Crippen LogP contribution in [0, 0.1) is 12.3 Å². The third-order valence-electron chi connectivity index (χ3n) is 3.93. The van der Waals surface area contributed by atoms with Gasteiger partial charge in [-0.15, -0.1) is 0 Å². The van der Waals surface area contributed by atoms with Crippen molar-refractivity contribution in [1.82, 2.24) is 5.06 Å². The molecular weight excluding hydrogens is 273 g/mol. The lowest BCUT2D eigenvalue weighted by molar-refractivity contribution is -0.153. The highest BCUT2D eigenvalue weighted by molar-refractivity contribution is 7.31. The molecule has 1 fully saturated rings. The van der Waals surface area contributed by atoms with Crippen LogP contribution in [0.4, 0.5) is 0 Å². The second-order valence-electron chi connectivity index (χ2n) is 5.08. The molecule has 0 N–H and O–H groups in total. The van der Waals surface area contributed by atoms with E-state index in [1.165, 1.54) is 5.06 Å². The van der Waals surface area contributed by atoms with E-state index >= 15 is 0 Å². The maximum atomic E-state index is 12.8. The molecule has 1 amide bonds. The smallest absolute Gasteiger partial charge is 0.260 e. The van der Waals surface area contributed by atoms with E-state index in [4.69, 9.17) is 4.62 Å². The Morgan fingerprint density at radius 3 is 2.60 bits per heavy atom. The third kappa shape index (κ3) is 2.50. The van der Waals surface area contributed by atoms with Gasteiger partial charge in [0.15, 0.2) is 5.78 Å². The van der Waals surface area contributed by atoms with Crippen molar-refractivity contribution >= 4 is 20.5 Å². The number of benzene rings is 1. The summed E-state index contributed by atoms with van der Waals surface area (Å²) in [5.41, 5.74) is 0.753. The molecule has 20 heavy (non-hydrogen) atoms. The monoisotopic (exact) mass is 293 g/mol. The fourth-order valence-electron chi connectivity index (χ4n) is 2.62. The van der Waals surface area contributed by atoms with Gasteiger partial charge in [-0.05, 0) is 26.4 Å². The number of nitrogens with zero attached hydrogens (tertiary/aromatic N) is 1. The third-order valence-corrected chi connectivity index (χ3v) is 4.33. The highest BCUT2D eigenvalue weighted by Crippen LogP contribution is 2.39. The summed E-state index contributed by atoms with van der Waals surface area (Å²) in [6.07, 6.45) is 1.03. The van der Waals surface area contributed by atoms with Gasteiger partial charge in [0.05, 0.1) is 6.54 Å². The van der Waals surface area contributed by atoms with Gasteiger partial charge in [-0.1, -0.05) is 36.8 Å². The Morgan fingerprint density at radius 1 is 1.40 bits per heavy atom. The molecule has 0 aliphatic carbocycles. The summed E-state index contributed by atoms with van der Waals surface area (Å²) in [5.74, 6) is -0.282. The van der Waals surface area contributed by atoms with Crippen LogP contribution in [0.3, 0.4) is 0 Å². The number of aryl methyl sites for hydroxylation is 1. The van der Waals surface area contributed by atoms with Crippen LogP contribution in [-0.2, 0) is 9.42 Å². The van der Waals surface area contributed by atoms with E-state index in [9.17, 15) is 9.59 Å². The SMILES string of the molecule is CC[C@@]1(C(=O)c2ccc(C)cc2)CCN(OPC)C1=O. The van der Waals surface area contributed by atoms with Gasteiger partial charge in [0.2, 0.25) is 0 Å². The van der Waals surface area contributed by atoms with Gasteiger partial charge < -0.3 is 0 Å². The Kier molecular flexibility index (Phi) is 4.56. The average Bonchev–Trinajstić information content (AvgIpc) is 2.78. The lowest BCUT2D eigenvalue weighted by atomic mass is 9.76. The number of rotatable bonds is 5. The molecule has 1 aromatic carbocycles. The Labute approximate surface area is 121 Å². The highest BCUT2D eigenvalue weighted by atomic mass is 31.1. The Morgan fingerprint density at radius 2 is 2.05 bits per heavy atom. The van der Waals surface area contributed by atoms with Crippen molar-refractivity contribution < 1.29 is 14.2 Å². The molecule has 0 aromatic heterocycles. The lowest BCUT2D eigenvalue weighted by Gasteiger charge is -2.24. The first-order chi connectivity index (χ1) is 9.55. The van der Waals surface area contributed by atoms with Crippen molar-refractivity contribution in [1.29, 1.82) is 0 Å². The summed E-state index contributed by atoms with van der Waals surface area (Å²) in [5, 5.41) is 1.36. The normalized spacial score (nSPS) is 22.9. The van der Waals surface area contributed by atoms with Crippen LogP contribution in [0.1, 0.15) is 35.7 Å². The van der Waals surface area contributed by atoms with Gasteiger partial charge in [0.25, 0.3) is 5.91 Å². The Hall–Kier alpha value is -1.25. The molecule has 1 aliphatic rings. The van der Waals surface area contributed by atoms with Gasteiger partial charge in [-0.2, -0.15) is 0 Å². The van der Waals surface area contributed by atoms with Gasteiger partial charge >= 0.3 is 0 Å². The van der Waals surface area contributed by atoms with E-state index in [1.807, 2.05) is 32.6 Å². The van der Waals surface area contributed by atoms with Gasteiger partial charge in [0.1, 0.15) is 5.41 Å². The van der Waals surface area contributed by atoms with Crippen LogP contribution in [0.15, 0.2) is 24.3 Å². The summed E-state index contributed by atoms with van der Waals surface area (Å²) >= 11 is 0. The van der Waals surface area contributed by atoms with Crippen LogP contribution < -0.4 is 0 Å². The summed E-state index contributed by atoms with van der Waals surface area (Å²) in [7, 11) is 0.207. The van der Waals surface area contributed by atoms with Gasteiger partial charge in [0, 0.05) is 14.4 Å². The van der Waals surface area contributed by atoms with Crippen molar-refractivity contribution in [2.24, 2.45) is 5.41 Å². The minimum atomic E-state index is -0.949. The van der Waals surface area contributed by atoms with Crippen molar-refractivity contribution in [2.75, 3.05) is 13.2 Å². The van der Waals surface area contributed by atoms with Crippen LogP contribution in [0.5, 0.6) is 0 Å². The minimum absolute atomic E-state index is 0.0875.